The van der Waals surface area contributed by atoms with Crippen LogP contribution in [0.4, 0.5) is 0 Å². The van der Waals surface area contributed by atoms with Gasteiger partial charge in [0.05, 0.1) is 0 Å². The van der Waals surface area contributed by atoms with Crippen LogP contribution in [0.15, 0.2) is 48.5 Å². The molecule has 142 valence electrons. The Labute approximate surface area is 159 Å². The van der Waals surface area contributed by atoms with Gasteiger partial charge >= 0.3 is 0 Å². The number of rotatable bonds is 10. The summed E-state index contributed by atoms with van der Waals surface area (Å²) in [7, 11) is 0. The summed E-state index contributed by atoms with van der Waals surface area (Å²) in [6, 6.07) is 14.3. The number of hydrogen-bond donors (Lipinski definition) is 1. The van der Waals surface area contributed by atoms with Gasteiger partial charge in [-0.05, 0) is 42.7 Å². The Bertz CT molecular complexity index is 779. The number of nitrogens with one attached hydrogen (secondary N) is 1. The van der Waals surface area contributed by atoms with Crippen molar-refractivity contribution in [2.24, 2.45) is 0 Å². The number of carbonyl (C=O) groups is 3. The Hall–Kier alpha value is -2.95. The minimum Gasteiger partial charge on any atom is -0.485 e. The number of carbonyl (C=O) groups excluding carboxylic acids is 3. The number of ether oxygens (including phenoxy) is 1. The first kappa shape index (κ1) is 20.4. The first-order chi connectivity index (χ1) is 13.0. The van der Waals surface area contributed by atoms with Gasteiger partial charge in [-0.15, -0.1) is 0 Å². The lowest BCUT2D eigenvalue weighted by Gasteiger charge is -2.07. The minimum absolute atomic E-state index is 0.0254. The van der Waals surface area contributed by atoms with E-state index in [-0.39, 0.29) is 24.1 Å². The van der Waals surface area contributed by atoms with E-state index >= 15 is 0 Å². The minimum atomic E-state index is -0.103. The molecule has 0 radical (unpaired) electrons. The second-order valence-corrected chi connectivity index (χ2v) is 6.30. The predicted octanol–water partition coefficient (Wildman–Crippen LogP) is 3.61. The maximum Gasteiger partial charge on any atom is 0.216 e. The van der Waals surface area contributed by atoms with Gasteiger partial charge in [0, 0.05) is 31.0 Å². The van der Waals surface area contributed by atoms with E-state index in [4.69, 9.17) is 4.74 Å². The lowest BCUT2D eigenvalue weighted by Crippen LogP contribution is -2.21. The molecule has 2 aromatic rings. The van der Waals surface area contributed by atoms with Gasteiger partial charge in [-0.25, -0.2) is 0 Å². The number of ketones is 2. The van der Waals surface area contributed by atoms with E-state index in [1.165, 1.54) is 6.92 Å². The molecule has 0 bridgehead atoms. The lowest BCUT2D eigenvalue weighted by molar-refractivity contribution is -0.118. The Kier molecular flexibility index (Phi) is 7.74. The Morgan fingerprint density at radius 3 is 2.07 bits per heavy atom. The van der Waals surface area contributed by atoms with Crippen molar-refractivity contribution in [2.45, 2.75) is 33.1 Å². The molecular formula is C22H25NO4. The van der Waals surface area contributed by atoms with Crippen molar-refractivity contribution in [3.63, 3.8) is 0 Å². The van der Waals surface area contributed by atoms with Gasteiger partial charge in [-0.1, -0.05) is 31.2 Å². The van der Waals surface area contributed by atoms with Crippen LogP contribution in [0.25, 0.3) is 0 Å². The van der Waals surface area contributed by atoms with E-state index in [2.05, 4.69) is 5.32 Å². The average Bonchev–Trinajstić information content (AvgIpc) is 2.69. The number of aryl methyl sites for hydroxylation is 1. The smallest absolute Gasteiger partial charge is 0.216 e. The summed E-state index contributed by atoms with van der Waals surface area (Å²) in [6.07, 6.45) is 2.16. The van der Waals surface area contributed by atoms with Crippen LogP contribution in [0.2, 0.25) is 0 Å². The molecule has 0 spiro atoms. The van der Waals surface area contributed by atoms with Crippen LogP contribution in [0.5, 0.6) is 5.75 Å². The molecule has 0 unspecified atom stereocenters. The van der Waals surface area contributed by atoms with E-state index in [0.29, 0.717) is 29.8 Å². The molecule has 0 heterocycles. The summed E-state index contributed by atoms with van der Waals surface area (Å²) in [6.45, 7) is 3.91. The van der Waals surface area contributed by atoms with Crippen molar-refractivity contribution < 1.29 is 19.1 Å². The van der Waals surface area contributed by atoms with Gasteiger partial charge in [0.1, 0.15) is 5.75 Å². The van der Waals surface area contributed by atoms with Crippen molar-refractivity contribution in [1.82, 2.24) is 5.32 Å². The first-order valence-electron chi connectivity index (χ1n) is 9.12. The fourth-order valence-corrected chi connectivity index (χ4v) is 2.59. The van der Waals surface area contributed by atoms with Crippen LogP contribution in [0, 0.1) is 0 Å². The maximum absolute atomic E-state index is 12.3. The molecule has 0 saturated heterocycles. The van der Waals surface area contributed by atoms with Crippen molar-refractivity contribution in [2.75, 3.05) is 13.2 Å². The monoisotopic (exact) mass is 367 g/mol. The molecule has 0 aromatic heterocycles. The van der Waals surface area contributed by atoms with Crippen LogP contribution in [-0.4, -0.2) is 30.6 Å². The highest BCUT2D eigenvalue weighted by Gasteiger charge is 2.08. The summed E-state index contributed by atoms with van der Waals surface area (Å²) < 4.78 is 5.52. The van der Waals surface area contributed by atoms with E-state index in [9.17, 15) is 14.4 Å². The summed E-state index contributed by atoms with van der Waals surface area (Å²) >= 11 is 0. The zero-order valence-electron chi connectivity index (χ0n) is 15.8. The van der Waals surface area contributed by atoms with Gasteiger partial charge < -0.3 is 10.1 Å². The van der Waals surface area contributed by atoms with Crippen LogP contribution in [-0.2, 0) is 11.2 Å². The summed E-state index contributed by atoms with van der Waals surface area (Å²) in [5.74, 6) is 0.511. The van der Waals surface area contributed by atoms with Crippen LogP contribution < -0.4 is 10.1 Å². The van der Waals surface area contributed by atoms with Crippen molar-refractivity contribution in [3.8, 4) is 5.75 Å². The fourth-order valence-electron chi connectivity index (χ4n) is 2.59. The molecular weight excluding hydrogens is 342 g/mol. The highest BCUT2D eigenvalue weighted by molar-refractivity contribution is 5.97. The van der Waals surface area contributed by atoms with Gasteiger partial charge in [0.25, 0.3) is 0 Å². The number of amides is 1. The molecule has 0 aliphatic heterocycles. The normalized spacial score (nSPS) is 10.3. The van der Waals surface area contributed by atoms with Gasteiger partial charge in [0.15, 0.2) is 18.2 Å². The quantitative estimate of drug-likeness (QED) is 0.514. The van der Waals surface area contributed by atoms with Crippen LogP contribution in [0.3, 0.4) is 0 Å². The topological polar surface area (TPSA) is 72.5 Å². The standard InChI is InChI=1S/C22H25NO4/c1-3-21(25)18-10-12-20(13-11-18)27-15-22(26)19-8-6-17(7-9-19)5-4-14-23-16(2)24/h6-13H,3-5,14-15H2,1-2H3,(H,23,24). The Morgan fingerprint density at radius 1 is 0.889 bits per heavy atom. The van der Waals surface area contributed by atoms with Crippen LogP contribution >= 0.6 is 0 Å². The molecule has 0 aliphatic rings. The first-order valence-corrected chi connectivity index (χ1v) is 9.12. The molecule has 27 heavy (non-hydrogen) atoms. The number of benzene rings is 2. The van der Waals surface area contributed by atoms with E-state index < -0.39 is 0 Å². The van der Waals surface area contributed by atoms with E-state index in [0.717, 1.165) is 18.4 Å². The van der Waals surface area contributed by atoms with Gasteiger partial charge in [-0.2, -0.15) is 0 Å². The summed E-state index contributed by atoms with van der Waals surface area (Å²) in [4.78, 5) is 34.7. The molecule has 5 heteroatoms. The molecule has 2 rings (SSSR count). The lowest BCUT2D eigenvalue weighted by atomic mass is 10.1. The molecule has 1 amide bonds. The second-order valence-electron chi connectivity index (χ2n) is 6.30. The molecule has 1 N–H and O–H groups in total. The van der Waals surface area contributed by atoms with Gasteiger partial charge in [-0.3, -0.25) is 14.4 Å². The molecule has 0 aliphatic carbocycles. The summed E-state index contributed by atoms with van der Waals surface area (Å²) in [5, 5.41) is 2.76. The van der Waals surface area contributed by atoms with Crippen molar-refractivity contribution >= 4 is 17.5 Å². The van der Waals surface area contributed by atoms with Crippen molar-refractivity contribution in [1.29, 1.82) is 0 Å². The van der Waals surface area contributed by atoms with Crippen molar-refractivity contribution in [3.05, 3.63) is 65.2 Å². The number of Topliss-reactive ketones (excluding diaryl/α,β-unsaturated/α-hetero) is 2. The molecule has 2 aromatic carbocycles. The highest BCUT2D eigenvalue weighted by atomic mass is 16.5. The zero-order chi connectivity index (χ0) is 19.6. The Morgan fingerprint density at radius 2 is 1.48 bits per heavy atom. The third kappa shape index (κ3) is 6.70. The number of hydrogen-bond acceptors (Lipinski definition) is 4. The summed E-state index contributed by atoms with van der Waals surface area (Å²) in [5.41, 5.74) is 2.36. The average molecular weight is 367 g/mol. The maximum atomic E-state index is 12.3. The third-order valence-electron chi connectivity index (χ3n) is 4.16. The Balaban J connectivity index is 1.81. The van der Waals surface area contributed by atoms with E-state index in [1.807, 2.05) is 19.1 Å². The molecule has 0 atom stereocenters. The molecule has 0 fully saturated rings. The molecule has 0 saturated carbocycles. The third-order valence-corrected chi connectivity index (χ3v) is 4.16. The fraction of sp³-hybridized carbons (Fsp3) is 0.318. The molecule has 5 nitrogen and oxygen atoms in total. The van der Waals surface area contributed by atoms with E-state index in [1.54, 1.807) is 36.4 Å². The zero-order valence-corrected chi connectivity index (χ0v) is 15.8. The SMILES string of the molecule is CCC(=O)c1ccc(OCC(=O)c2ccc(CCCNC(C)=O)cc2)cc1. The highest BCUT2D eigenvalue weighted by Crippen LogP contribution is 2.14. The second kappa shape index (κ2) is 10.3. The predicted molar refractivity (Wildman–Crippen MR) is 104 cm³/mol. The largest absolute Gasteiger partial charge is 0.485 e. The van der Waals surface area contributed by atoms with Crippen LogP contribution in [0.1, 0.15) is 53.0 Å². The van der Waals surface area contributed by atoms with Gasteiger partial charge in [0.2, 0.25) is 5.91 Å².